The first kappa shape index (κ1) is 21.1. The summed E-state index contributed by atoms with van der Waals surface area (Å²) >= 11 is 5.89. The molecule has 0 fully saturated rings. The summed E-state index contributed by atoms with van der Waals surface area (Å²) in [6.07, 6.45) is 4.10. The average Bonchev–Trinajstić information content (AvgIpc) is 3.02. The molecule has 8 heteroatoms. The number of rotatable bonds is 10. The van der Waals surface area contributed by atoms with E-state index in [-0.39, 0.29) is 12.5 Å². The van der Waals surface area contributed by atoms with E-state index < -0.39 is 24.0 Å². The third kappa shape index (κ3) is 6.77. The van der Waals surface area contributed by atoms with E-state index in [0.29, 0.717) is 24.7 Å². The van der Waals surface area contributed by atoms with Crippen molar-refractivity contribution in [2.24, 2.45) is 5.92 Å². The van der Waals surface area contributed by atoms with E-state index in [1.54, 1.807) is 0 Å². The summed E-state index contributed by atoms with van der Waals surface area (Å²) in [6, 6.07) is 5.71. The smallest absolute Gasteiger partial charge is 0.322 e. The molecule has 0 radical (unpaired) electrons. The fourth-order valence-electron chi connectivity index (χ4n) is 2.95. The molecule has 1 aromatic carbocycles. The van der Waals surface area contributed by atoms with Gasteiger partial charge in [0.05, 0.1) is 6.67 Å². The lowest BCUT2D eigenvalue weighted by atomic mass is 10.0. The second-order valence-corrected chi connectivity index (χ2v) is 7.60. The van der Waals surface area contributed by atoms with Gasteiger partial charge in [-0.15, -0.1) is 0 Å². The zero-order chi connectivity index (χ0) is 20.0. The van der Waals surface area contributed by atoms with Gasteiger partial charge in [0.25, 0.3) is 0 Å². The predicted molar refractivity (Wildman–Crippen MR) is 103 cm³/mol. The van der Waals surface area contributed by atoms with Crippen LogP contribution >= 0.6 is 11.6 Å². The van der Waals surface area contributed by atoms with Crippen LogP contribution < -0.4 is 5.32 Å². The van der Waals surface area contributed by atoms with Crippen molar-refractivity contribution in [3.05, 3.63) is 47.3 Å². The number of aliphatic carboxylic acids is 2. The Morgan fingerprint density at radius 1 is 1.07 bits per heavy atom. The van der Waals surface area contributed by atoms with Gasteiger partial charge in [-0.05, 0) is 30.0 Å². The van der Waals surface area contributed by atoms with Crippen LogP contribution in [-0.4, -0.2) is 57.2 Å². The summed E-state index contributed by atoms with van der Waals surface area (Å²) in [5, 5.41) is 22.3. The maximum Gasteiger partial charge on any atom is 0.322 e. The summed E-state index contributed by atoms with van der Waals surface area (Å²) in [7, 11) is 0. The van der Waals surface area contributed by atoms with Gasteiger partial charge in [0.2, 0.25) is 0 Å². The van der Waals surface area contributed by atoms with E-state index >= 15 is 0 Å². The van der Waals surface area contributed by atoms with Crippen LogP contribution in [0.3, 0.4) is 0 Å². The molecule has 3 N–H and O–H groups in total. The van der Waals surface area contributed by atoms with Crippen molar-refractivity contribution >= 4 is 23.5 Å². The zero-order valence-corrected chi connectivity index (χ0v) is 16.3. The van der Waals surface area contributed by atoms with Crippen molar-refractivity contribution in [1.82, 2.24) is 15.1 Å². The number of carbonyl (C=O) groups is 2. The fourth-order valence-corrected chi connectivity index (χ4v) is 3.08. The van der Waals surface area contributed by atoms with Crippen LogP contribution in [0.25, 0.3) is 0 Å². The Kier molecular flexibility index (Phi) is 7.50. The highest BCUT2D eigenvalue weighted by Gasteiger charge is 2.28. The van der Waals surface area contributed by atoms with E-state index in [4.69, 9.17) is 11.6 Å². The van der Waals surface area contributed by atoms with Crippen molar-refractivity contribution in [3.8, 4) is 0 Å². The van der Waals surface area contributed by atoms with Crippen LogP contribution in [0, 0.1) is 5.92 Å². The Bertz CT molecular complexity index is 678. The van der Waals surface area contributed by atoms with Crippen LogP contribution in [0.2, 0.25) is 5.02 Å². The molecule has 1 aliphatic heterocycles. The van der Waals surface area contributed by atoms with Gasteiger partial charge in [0.15, 0.2) is 0 Å². The monoisotopic (exact) mass is 395 g/mol. The molecular weight excluding hydrogens is 370 g/mol. The molecule has 2 unspecified atom stereocenters. The summed E-state index contributed by atoms with van der Waals surface area (Å²) in [4.78, 5) is 26.9. The van der Waals surface area contributed by atoms with Gasteiger partial charge in [0.1, 0.15) is 12.1 Å². The van der Waals surface area contributed by atoms with Gasteiger partial charge in [-0.25, -0.2) is 0 Å². The van der Waals surface area contributed by atoms with Crippen LogP contribution in [0.4, 0.5) is 0 Å². The molecule has 1 aromatic rings. The van der Waals surface area contributed by atoms with Crippen molar-refractivity contribution in [2.45, 2.75) is 38.9 Å². The molecule has 0 aliphatic carbocycles. The molecule has 1 aliphatic rings. The molecule has 27 heavy (non-hydrogen) atoms. The molecule has 0 bridgehead atoms. The largest absolute Gasteiger partial charge is 0.480 e. The van der Waals surface area contributed by atoms with Crippen molar-refractivity contribution in [1.29, 1.82) is 0 Å². The Morgan fingerprint density at radius 2 is 1.67 bits per heavy atom. The van der Waals surface area contributed by atoms with Crippen LogP contribution in [0.15, 0.2) is 36.7 Å². The van der Waals surface area contributed by atoms with Crippen LogP contribution in [0.1, 0.15) is 25.8 Å². The van der Waals surface area contributed by atoms with Crippen LogP contribution in [-0.2, 0) is 16.1 Å². The third-order valence-corrected chi connectivity index (χ3v) is 4.53. The molecular formula is C19H26ClN3O4. The fraction of sp³-hybridized carbons (Fsp3) is 0.474. The summed E-state index contributed by atoms with van der Waals surface area (Å²) in [5.74, 6) is -1.94. The molecule has 0 amide bonds. The van der Waals surface area contributed by atoms with E-state index in [0.717, 1.165) is 5.56 Å². The number of carboxylic acid groups (broad SMARTS) is 2. The van der Waals surface area contributed by atoms with E-state index in [1.807, 2.05) is 60.3 Å². The van der Waals surface area contributed by atoms with E-state index in [1.165, 1.54) is 0 Å². The highest BCUT2D eigenvalue weighted by molar-refractivity contribution is 6.30. The second-order valence-electron chi connectivity index (χ2n) is 7.16. The van der Waals surface area contributed by atoms with E-state index in [9.17, 15) is 19.8 Å². The second kappa shape index (κ2) is 9.62. The Morgan fingerprint density at radius 3 is 2.22 bits per heavy atom. The van der Waals surface area contributed by atoms with Gasteiger partial charge in [-0.3, -0.25) is 14.9 Å². The molecule has 0 saturated heterocycles. The molecule has 0 aromatic heterocycles. The Hall–Kier alpha value is -2.25. The molecule has 148 valence electrons. The Labute approximate surface area is 164 Å². The predicted octanol–water partition coefficient (Wildman–Crippen LogP) is 2.43. The molecule has 2 rings (SSSR count). The number of benzene rings is 1. The molecule has 1 heterocycles. The lowest BCUT2D eigenvalue weighted by Crippen LogP contribution is -2.52. The number of nitrogens with one attached hydrogen (secondary N) is 1. The van der Waals surface area contributed by atoms with Crippen molar-refractivity contribution in [3.63, 3.8) is 0 Å². The number of carboxylic acids is 2. The normalized spacial score (nSPS) is 16.0. The van der Waals surface area contributed by atoms with Crippen molar-refractivity contribution in [2.75, 3.05) is 13.2 Å². The molecule has 7 nitrogen and oxygen atoms in total. The topological polar surface area (TPSA) is 93.1 Å². The quantitative estimate of drug-likeness (QED) is 0.560. The van der Waals surface area contributed by atoms with Crippen LogP contribution in [0.5, 0.6) is 0 Å². The zero-order valence-electron chi connectivity index (χ0n) is 15.5. The minimum atomic E-state index is -1.06. The highest BCUT2D eigenvalue weighted by atomic mass is 35.5. The lowest BCUT2D eigenvalue weighted by molar-refractivity contribution is -0.143. The van der Waals surface area contributed by atoms with Gasteiger partial charge in [0, 0.05) is 30.5 Å². The standard InChI is InChI=1S/C19H26ClN3O4/c1-13(2)9-16(18(24)25)21-17(19(26)27)11-23-8-7-22(12-23)10-14-3-5-15(20)6-4-14/h3-8,13,16-17,21H,9-12H2,1-2H3,(H,24,25)(H,26,27). The third-order valence-electron chi connectivity index (χ3n) is 4.27. The summed E-state index contributed by atoms with van der Waals surface area (Å²) < 4.78 is 0. The van der Waals surface area contributed by atoms with Gasteiger partial charge >= 0.3 is 11.9 Å². The lowest BCUT2D eigenvalue weighted by Gasteiger charge is -2.27. The molecule has 2 atom stereocenters. The first-order valence-electron chi connectivity index (χ1n) is 8.87. The number of hydrogen-bond donors (Lipinski definition) is 3. The first-order valence-corrected chi connectivity index (χ1v) is 9.25. The van der Waals surface area contributed by atoms with Crippen molar-refractivity contribution < 1.29 is 19.8 Å². The maximum absolute atomic E-state index is 11.6. The SMILES string of the molecule is CC(C)CC(NC(CN1C=CN(Cc2ccc(Cl)cc2)C1)C(=O)O)C(=O)O. The highest BCUT2D eigenvalue weighted by Crippen LogP contribution is 2.15. The summed E-state index contributed by atoms with van der Waals surface area (Å²) in [5.41, 5.74) is 1.10. The van der Waals surface area contributed by atoms with E-state index in [2.05, 4.69) is 5.32 Å². The molecule has 0 spiro atoms. The number of nitrogens with zero attached hydrogens (tertiary/aromatic N) is 2. The Balaban J connectivity index is 1.91. The number of halogens is 1. The van der Waals surface area contributed by atoms with Gasteiger partial charge in [-0.1, -0.05) is 37.6 Å². The first-order chi connectivity index (χ1) is 12.7. The number of hydrogen-bond acceptors (Lipinski definition) is 5. The van der Waals surface area contributed by atoms with Gasteiger partial charge < -0.3 is 20.0 Å². The minimum Gasteiger partial charge on any atom is -0.480 e. The summed E-state index contributed by atoms with van der Waals surface area (Å²) in [6.45, 7) is 5.22. The van der Waals surface area contributed by atoms with Gasteiger partial charge in [-0.2, -0.15) is 0 Å². The minimum absolute atomic E-state index is 0.148. The average molecular weight is 396 g/mol. The molecule has 0 saturated carbocycles. The maximum atomic E-state index is 11.6.